The predicted molar refractivity (Wildman–Crippen MR) is 61.6 cm³/mol. The molecule has 1 aliphatic rings. The molecule has 1 aromatic rings. The Balaban J connectivity index is 2.29. The number of carbonyl (C=O) groups is 1. The lowest BCUT2D eigenvalue weighted by Gasteiger charge is -2.29. The van der Waals surface area contributed by atoms with Crippen LogP contribution in [-0.4, -0.2) is 23.8 Å². The average Bonchev–Trinajstić information content (AvgIpc) is 2.32. The molecule has 1 amide bonds. The minimum atomic E-state index is -2.98. The summed E-state index contributed by atoms with van der Waals surface area (Å²) in [5.41, 5.74) is 1.62. The summed E-state index contributed by atoms with van der Waals surface area (Å²) in [6.45, 7) is 0.381. The van der Waals surface area contributed by atoms with E-state index >= 15 is 0 Å². The van der Waals surface area contributed by atoms with Crippen LogP contribution < -0.4 is 0 Å². The van der Waals surface area contributed by atoms with Crippen LogP contribution in [0.1, 0.15) is 11.1 Å². The van der Waals surface area contributed by atoms with Crippen LogP contribution in [0.15, 0.2) is 12.1 Å². The summed E-state index contributed by atoms with van der Waals surface area (Å²) < 4.78 is 24.6. The number of alkyl halides is 2. The van der Waals surface area contributed by atoms with E-state index < -0.39 is 12.3 Å². The van der Waals surface area contributed by atoms with Gasteiger partial charge in [0.15, 0.2) is 0 Å². The zero-order valence-electron chi connectivity index (χ0n) is 8.72. The van der Waals surface area contributed by atoms with Gasteiger partial charge < -0.3 is 4.90 Å². The van der Waals surface area contributed by atoms with Gasteiger partial charge in [-0.3, -0.25) is 4.79 Å². The number of hydrogen-bond donors (Lipinski definition) is 0. The molecule has 0 bridgehead atoms. The minimum Gasteiger partial charge on any atom is -0.333 e. The van der Waals surface area contributed by atoms with E-state index in [4.69, 9.17) is 23.2 Å². The summed E-state index contributed by atoms with van der Waals surface area (Å²) in [6.07, 6.45) is -2.46. The van der Waals surface area contributed by atoms with Gasteiger partial charge in [0.1, 0.15) is 0 Å². The number of fused-ring (bicyclic) bond motifs is 1. The number of hydrogen-bond acceptors (Lipinski definition) is 1. The normalized spacial score (nSPS) is 15.0. The lowest BCUT2D eigenvalue weighted by Crippen LogP contribution is -2.39. The quantitative estimate of drug-likeness (QED) is 0.773. The Morgan fingerprint density at radius 1 is 1.35 bits per heavy atom. The zero-order chi connectivity index (χ0) is 12.6. The fourth-order valence-electron chi connectivity index (χ4n) is 1.89. The Bertz CT molecular complexity index is 465. The van der Waals surface area contributed by atoms with E-state index in [9.17, 15) is 13.6 Å². The Morgan fingerprint density at radius 3 is 2.71 bits per heavy atom. The highest BCUT2D eigenvalue weighted by atomic mass is 35.5. The van der Waals surface area contributed by atoms with Gasteiger partial charge in [0.25, 0.3) is 5.91 Å². The highest BCUT2D eigenvalue weighted by Gasteiger charge is 2.28. The van der Waals surface area contributed by atoms with Gasteiger partial charge in [0, 0.05) is 13.1 Å². The summed E-state index contributed by atoms with van der Waals surface area (Å²) in [7, 11) is 0. The van der Waals surface area contributed by atoms with E-state index in [2.05, 4.69) is 0 Å². The molecule has 2 nitrogen and oxygen atoms in total. The summed E-state index contributed by atoms with van der Waals surface area (Å²) in [5.74, 6) is -1.16. The summed E-state index contributed by atoms with van der Waals surface area (Å²) >= 11 is 11.9. The number of amides is 1. The monoisotopic (exact) mass is 279 g/mol. The topological polar surface area (TPSA) is 20.3 Å². The fraction of sp³-hybridized carbons (Fsp3) is 0.364. The number of benzene rings is 1. The van der Waals surface area contributed by atoms with Gasteiger partial charge in [-0.1, -0.05) is 29.3 Å². The molecule has 0 fully saturated rings. The third-order valence-corrected chi connectivity index (χ3v) is 3.63. The average molecular weight is 280 g/mol. The van der Waals surface area contributed by atoms with Crippen LogP contribution in [0.4, 0.5) is 8.78 Å². The maximum atomic E-state index is 12.3. The lowest BCUT2D eigenvalue weighted by atomic mass is 10.00. The SMILES string of the molecule is O=C(C(F)F)N1CCc2ccc(Cl)c(Cl)c2C1. The summed E-state index contributed by atoms with van der Waals surface area (Å²) in [5, 5.41) is 0.715. The second-order valence-corrected chi connectivity index (χ2v) is 4.59. The molecule has 1 aliphatic heterocycles. The van der Waals surface area contributed by atoms with Gasteiger partial charge in [0.05, 0.1) is 10.0 Å². The van der Waals surface area contributed by atoms with Crippen molar-refractivity contribution < 1.29 is 13.6 Å². The number of rotatable bonds is 1. The Kier molecular flexibility index (Phi) is 3.54. The summed E-state index contributed by atoms with van der Waals surface area (Å²) in [4.78, 5) is 12.3. The third-order valence-electron chi connectivity index (χ3n) is 2.79. The van der Waals surface area contributed by atoms with Crippen molar-refractivity contribution in [2.45, 2.75) is 19.4 Å². The number of nitrogens with zero attached hydrogens (tertiary/aromatic N) is 1. The van der Waals surface area contributed by atoms with E-state index in [-0.39, 0.29) is 13.1 Å². The molecule has 0 atom stereocenters. The first-order chi connectivity index (χ1) is 8.00. The van der Waals surface area contributed by atoms with Crippen LogP contribution in [0.3, 0.4) is 0 Å². The highest BCUT2D eigenvalue weighted by molar-refractivity contribution is 6.42. The highest BCUT2D eigenvalue weighted by Crippen LogP contribution is 2.32. The largest absolute Gasteiger partial charge is 0.333 e. The molecule has 2 rings (SSSR count). The minimum absolute atomic E-state index is 0.0951. The first-order valence-electron chi connectivity index (χ1n) is 5.03. The molecule has 1 heterocycles. The van der Waals surface area contributed by atoms with Crippen molar-refractivity contribution >= 4 is 29.1 Å². The molecular weight excluding hydrogens is 271 g/mol. The van der Waals surface area contributed by atoms with Crippen molar-refractivity contribution in [3.63, 3.8) is 0 Å². The van der Waals surface area contributed by atoms with E-state index in [0.717, 1.165) is 10.5 Å². The van der Waals surface area contributed by atoms with Gasteiger partial charge in [-0.05, 0) is 23.6 Å². The molecular formula is C11H9Cl2F2NO. The molecule has 0 saturated heterocycles. The van der Waals surface area contributed by atoms with E-state index in [0.29, 0.717) is 22.0 Å². The maximum absolute atomic E-state index is 12.3. The first kappa shape index (κ1) is 12.6. The summed E-state index contributed by atoms with van der Waals surface area (Å²) in [6, 6.07) is 3.49. The van der Waals surface area contributed by atoms with Gasteiger partial charge in [-0.2, -0.15) is 8.78 Å². The molecule has 0 N–H and O–H groups in total. The fourth-order valence-corrected chi connectivity index (χ4v) is 2.31. The molecule has 92 valence electrons. The number of carbonyl (C=O) groups excluding carboxylic acids is 1. The van der Waals surface area contributed by atoms with Gasteiger partial charge in [-0.15, -0.1) is 0 Å². The Morgan fingerprint density at radius 2 is 2.06 bits per heavy atom. The van der Waals surface area contributed by atoms with Crippen LogP contribution in [0, 0.1) is 0 Å². The van der Waals surface area contributed by atoms with Crippen molar-refractivity contribution in [3.8, 4) is 0 Å². The van der Waals surface area contributed by atoms with Crippen molar-refractivity contribution in [1.29, 1.82) is 0 Å². The standard InChI is InChI=1S/C11H9Cl2F2NO/c12-8-2-1-6-3-4-16(11(17)10(14)15)5-7(6)9(8)13/h1-2,10H,3-5H2. The Hall–Kier alpha value is -0.870. The maximum Gasteiger partial charge on any atom is 0.315 e. The van der Waals surface area contributed by atoms with Gasteiger partial charge >= 0.3 is 6.43 Å². The van der Waals surface area contributed by atoms with Crippen LogP contribution >= 0.6 is 23.2 Å². The van der Waals surface area contributed by atoms with Crippen molar-refractivity contribution in [3.05, 3.63) is 33.3 Å². The first-order valence-corrected chi connectivity index (χ1v) is 5.79. The van der Waals surface area contributed by atoms with Crippen LogP contribution in [0.25, 0.3) is 0 Å². The molecule has 0 aliphatic carbocycles. The van der Waals surface area contributed by atoms with Crippen molar-refractivity contribution in [2.75, 3.05) is 6.54 Å². The van der Waals surface area contributed by atoms with Crippen LogP contribution in [-0.2, 0) is 17.8 Å². The molecule has 0 radical (unpaired) electrons. The molecule has 17 heavy (non-hydrogen) atoms. The molecule has 1 aromatic carbocycles. The number of halogens is 4. The van der Waals surface area contributed by atoms with Crippen molar-refractivity contribution in [1.82, 2.24) is 4.90 Å². The molecule has 0 unspecified atom stereocenters. The Labute approximate surface area is 107 Å². The van der Waals surface area contributed by atoms with E-state index in [1.54, 1.807) is 6.07 Å². The molecule has 0 saturated carbocycles. The van der Waals surface area contributed by atoms with Gasteiger partial charge in [-0.25, -0.2) is 0 Å². The van der Waals surface area contributed by atoms with Crippen LogP contribution in [0.5, 0.6) is 0 Å². The van der Waals surface area contributed by atoms with Crippen molar-refractivity contribution in [2.24, 2.45) is 0 Å². The van der Waals surface area contributed by atoms with E-state index in [1.165, 1.54) is 0 Å². The van der Waals surface area contributed by atoms with E-state index in [1.807, 2.05) is 6.07 Å². The van der Waals surface area contributed by atoms with Gasteiger partial charge in [0.2, 0.25) is 0 Å². The molecule has 0 aromatic heterocycles. The smallest absolute Gasteiger partial charge is 0.315 e. The second-order valence-electron chi connectivity index (χ2n) is 3.81. The molecule has 6 heteroatoms. The third kappa shape index (κ3) is 2.38. The second kappa shape index (κ2) is 4.78. The lowest BCUT2D eigenvalue weighted by molar-refractivity contribution is -0.143. The molecule has 0 spiro atoms. The predicted octanol–water partition coefficient (Wildman–Crippen LogP) is 3.14. The zero-order valence-corrected chi connectivity index (χ0v) is 10.2. The van der Waals surface area contributed by atoms with Crippen LogP contribution in [0.2, 0.25) is 10.0 Å².